The third-order valence-electron chi connectivity index (χ3n) is 2.76. The van der Waals surface area contributed by atoms with E-state index in [1.165, 1.54) is 12.1 Å². The fourth-order valence-corrected chi connectivity index (χ4v) is 1.75. The molecule has 0 atom stereocenters. The molecule has 0 saturated carbocycles. The highest BCUT2D eigenvalue weighted by atomic mass is 19.1. The van der Waals surface area contributed by atoms with Crippen LogP contribution in [-0.2, 0) is 0 Å². The van der Waals surface area contributed by atoms with E-state index in [9.17, 15) is 18.8 Å². The summed E-state index contributed by atoms with van der Waals surface area (Å²) in [6.45, 7) is 1.65. The second-order valence-electron chi connectivity index (χ2n) is 4.33. The lowest BCUT2D eigenvalue weighted by Gasteiger charge is -2.08. The van der Waals surface area contributed by atoms with Crippen LogP contribution in [0.5, 0.6) is 0 Å². The van der Waals surface area contributed by atoms with Crippen molar-refractivity contribution in [3.05, 3.63) is 63.3 Å². The summed E-state index contributed by atoms with van der Waals surface area (Å²) in [7, 11) is 0. The molecule has 1 aromatic carbocycles. The van der Waals surface area contributed by atoms with E-state index in [0.29, 0.717) is 5.69 Å². The molecule has 1 heterocycles. The highest BCUT2D eigenvalue weighted by Crippen LogP contribution is 2.18. The Morgan fingerprint density at radius 2 is 1.86 bits per heavy atom. The van der Waals surface area contributed by atoms with Crippen LogP contribution in [0.15, 0.2) is 35.1 Å². The maximum absolute atomic E-state index is 13.2. The summed E-state index contributed by atoms with van der Waals surface area (Å²) in [6, 6.07) is 5.72. The van der Waals surface area contributed by atoms with Crippen LogP contribution in [-0.4, -0.2) is 22.0 Å². The molecule has 3 N–H and O–H groups in total. The van der Waals surface area contributed by atoms with Crippen molar-refractivity contribution in [2.24, 2.45) is 0 Å². The minimum Gasteiger partial charge on any atom is -0.478 e. The van der Waals surface area contributed by atoms with Gasteiger partial charge in [-0.05, 0) is 37.3 Å². The van der Waals surface area contributed by atoms with Crippen molar-refractivity contribution in [2.75, 3.05) is 5.32 Å². The molecule has 2 rings (SSSR count). The van der Waals surface area contributed by atoms with Gasteiger partial charge in [0.15, 0.2) is 0 Å². The number of H-pyrrole nitrogens is 1. The number of hydrogen-bond donors (Lipinski definition) is 3. The molecule has 108 valence electrons. The van der Waals surface area contributed by atoms with Crippen LogP contribution in [0.25, 0.3) is 0 Å². The Hall–Kier alpha value is -2.96. The zero-order valence-electron chi connectivity index (χ0n) is 10.9. The lowest BCUT2D eigenvalue weighted by atomic mass is 10.1. The number of carbonyl (C=O) groups is 2. The molecule has 0 aliphatic rings. The average Bonchev–Trinajstić information content (AvgIpc) is 2.37. The highest BCUT2D eigenvalue weighted by Gasteiger charge is 2.16. The number of nitrogens with one attached hydrogen (secondary N) is 2. The zero-order chi connectivity index (χ0) is 15.6. The monoisotopic (exact) mass is 290 g/mol. The minimum absolute atomic E-state index is 0.193. The molecule has 0 aliphatic heterocycles. The van der Waals surface area contributed by atoms with Gasteiger partial charge in [0.1, 0.15) is 11.4 Å². The first-order valence-corrected chi connectivity index (χ1v) is 5.92. The van der Waals surface area contributed by atoms with Crippen molar-refractivity contribution in [2.45, 2.75) is 6.92 Å². The third-order valence-corrected chi connectivity index (χ3v) is 2.76. The van der Waals surface area contributed by atoms with E-state index in [2.05, 4.69) is 10.3 Å². The molecule has 0 radical (unpaired) electrons. The Balaban J connectivity index is 2.38. The summed E-state index contributed by atoms with van der Waals surface area (Å²) >= 11 is 0. The van der Waals surface area contributed by atoms with Gasteiger partial charge in [0, 0.05) is 5.69 Å². The Morgan fingerprint density at radius 1 is 1.19 bits per heavy atom. The summed E-state index contributed by atoms with van der Waals surface area (Å²) in [4.78, 5) is 37.1. The van der Waals surface area contributed by atoms with Gasteiger partial charge in [-0.15, -0.1) is 0 Å². The molecule has 0 spiro atoms. The predicted molar refractivity (Wildman–Crippen MR) is 73.1 cm³/mol. The van der Waals surface area contributed by atoms with E-state index in [-0.39, 0.29) is 16.8 Å². The van der Waals surface area contributed by atoms with Crippen LogP contribution in [0.1, 0.15) is 26.4 Å². The topological polar surface area (TPSA) is 99.3 Å². The van der Waals surface area contributed by atoms with Crippen molar-refractivity contribution in [1.82, 2.24) is 4.98 Å². The summed E-state index contributed by atoms with van der Waals surface area (Å²) in [5.74, 6) is -2.83. The largest absolute Gasteiger partial charge is 0.478 e. The highest BCUT2D eigenvalue weighted by molar-refractivity contribution is 6.07. The molecule has 2 aromatic rings. The number of aromatic amines is 1. The summed E-state index contributed by atoms with van der Waals surface area (Å²) in [6.07, 6.45) is 0. The number of amides is 1. The number of carboxylic acid groups (broad SMARTS) is 1. The molecule has 0 saturated heterocycles. The number of benzene rings is 1. The van der Waals surface area contributed by atoms with Gasteiger partial charge in [0.05, 0.1) is 11.3 Å². The quantitative estimate of drug-likeness (QED) is 0.802. The molecule has 1 amide bonds. The average molecular weight is 290 g/mol. The molecule has 0 aliphatic carbocycles. The summed E-state index contributed by atoms with van der Waals surface area (Å²) < 4.78 is 13.2. The van der Waals surface area contributed by atoms with Gasteiger partial charge < -0.3 is 15.4 Å². The summed E-state index contributed by atoms with van der Waals surface area (Å²) in [5, 5.41) is 11.2. The number of aromatic nitrogens is 1. The lowest BCUT2D eigenvalue weighted by Crippen LogP contribution is -2.24. The van der Waals surface area contributed by atoms with Crippen LogP contribution >= 0.6 is 0 Å². The van der Waals surface area contributed by atoms with Gasteiger partial charge in [0.2, 0.25) is 0 Å². The van der Waals surface area contributed by atoms with Crippen molar-refractivity contribution in [3.63, 3.8) is 0 Å². The van der Waals surface area contributed by atoms with Gasteiger partial charge in [-0.25, -0.2) is 9.18 Å². The molecule has 7 heteroatoms. The van der Waals surface area contributed by atoms with Crippen LogP contribution in [0, 0.1) is 12.7 Å². The third kappa shape index (κ3) is 3.14. The maximum Gasteiger partial charge on any atom is 0.337 e. The Kier molecular flexibility index (Phi) is 3.84. The Labute approximate surface area is 118 Å². The Morgan fingerprint density at radius 3 is 2.48 bits per heavy atom. The first kappa shape index (κ1) is 14.4. The number of aromatic carboxylic acids is 1. The van der Waals surface area contributed by atoms with Crippen LogP contribution in [0.2, 0.25) is 0 Å². The first-order chi connectivity index (χ1) is 9.88. The number of carbonyl (C=O) groups excluding carboxylic acids is 1. The van der Waals surface area contributed by atoms with E-state index in [4.69, 9.17) is 5.11 Å². The fraction of sp³-hybridized carbons (Fsp3) is 0.0714. The number of carboxylic acids is 1. The van der Waals surface area contributed by atoms with Crippen molar-refractivity contribution < 1.29 is 19.1 Å². The van der Waals surface area contributed by atoms with Gasteiger partial charge in [-0.3, -0.25) is 9.59 Å². The molecular weight excluding hydrogens is 279 g/mol. The molecular formula is C14H11FN2O4. The molecule has 1 aromatic heterocycles. The molecule has 0 fully saturated rings. The molecule has 0 unspecified atom stereocenters. The number of rotatable bonds is 3. The minimum atomic E-state index is -1.32. The normalized spacial score (nSPS) is 10.2. The zero-order valence-corrected chi connectivity index (χ0v) is 10.9. The summed E-state index contributed by atoms with van der Waals surface area (Å²) in [5.41, 5.74) is -0.712. The van der Waals surface area contributed by atoms with Crippen LogP contribution < -0.4 is 10.9 Å². The van der Waals surface area contributed by atoms with Crippen molar-refractivity contribution in [3.8, 4) is 0 Å². The van der Waals surface area contributed by atoms with Crippen molar-refractivity contribution in [1.29, 1.82) is 0 Å². The van der Waals surface area contributed by atoms with Gasteiger partial charge in [-0.1, -0.05) is 0 Å². The fourth-order valence-electron chi connectivity index (χ4n) is 1.75. The van der Waals surface area contributed by atoms with Gasteiger partial charge >= 0.3 is 5.97 Å². The number of hydrogen-bond acceptors (Lipinski definition) is 3. The standard InChI is InChI=1S/C14H11FN2O4/c1-7-2-4-10(12(18)16-7)13(19)17-11-6-8(15)3-5-9(11)14(20)21/h2-6H,1H3,(H,16,18)(H,17,19)(H,20,21). The SMILES string of the molecule is Cc1ccc(C(=O)Nc2cc(F)ccc2C(=O)O)c(=O)[nH]1. The van der Waals surface area contributed by atoms with Crippen LogP contribution in [0.3, 0.4) is 0 Å². The smallest absolute Gasteiger partial charge is 0.337 e. The van der Waals surface area contributed by atoms with Gasteiger partial charge in [0.25, 0.3) is 11.5 Å². The van der Waals surface area contributed by atoms with E-state index < -0.39 is 23.3 Å². The van der Waals surface area contributed by atoms with Gasteiger partial charge in [-0.2, -0.15) is 0 Å². The van der Waals surface area contributed by atoms with E-state index in [1.54, 1.807) is 6.92 Å². The van der Waals surface area contributed by atoms with Crippen LogP contribution in [0.4, 0.5) is 10.1 Å². The maximum atomic E-state index is 13.2. The number of halogens is 1. The molecule has 21 heavy (non-hydrogen) atoms. The lowest BCUT2D eigenvalue weighted by molar-refractivity contribution is 0.0698. The molecule has 6 nitrogen and oxygen atoms in total. The Bertz CT molecular complexity index is 783. The first-order valence-electron chi connectivity index (χ1n) is 5.92. The molecule has 0 bridgehead atoms. The number of anilines is 1. The number of pyridine rings is 1. The predicted octanol–water partition coefficient (Wildman–Crippen LogP) is 1.77. The van der Waals surface area contributed by atoms with E-state index in [0.717, 1.165) is 18.2 Å². The van der Waals surface area contributed by atoms with E-state index in [1.807, 2.05) is 0 Å². The number of aryl methyl sites for hydroxylation is 1. The van der Waals surface area contributed by atoms with Crippen molar-refractivity contribution >= 4 is 17.6 Å². The van der Waals surface area contributed by atoms with E-state index >= 15 is 0 Å². The second kappa shape index (κ2) is 5.58. The second-order valence-corrected chi connectivity index (χ2v) is 4.33.